The molecule has 0 atom stereocenters. The van der Waals surface area contributed by atoms with Crippen LogP contribution < -0.4 is 0 Å². The first-order chi connectivity index (χ1) is 2.27. The van der Waals surface area contributed by atoms with Gasteiger partial charge >= 0.3 is 40.4 Å². The van der Waals surface area contributed by atoms with Crippen molar-refractivity contribution in [1.29, 1.82) is 0 Å². The van der Waals surface area contributed by atoms with Crippen molar-refractivity contribution < 1.29 is 0 Å². The van der Waals surface area contributed by atoms with Crippen molar-refractivity contribution >= 4 is 16.0 Å². The van der Waals surface area contributed by atoms with Gasteiger partial charge in [-0.3, -0.25) is 0 Å². The predicted octanol–water partition coefficient (Wildman–Crippen LogP) is 1.08. The van der Waals surface area contributed by atoms with Crippen molar-refractivity contribution in [2.24, 2.45) is 0 Å². The molecule has 5 heavy (non-hydrogen) atoms. The standard InChI is InChI=1S/C4H7Se/c1-4(2)3-5/h3H,1-2H3. The van der Waals surface area contributed by atoms with Crippen LogP contribution in [0.15, 0.2) is 10.5 Å². The van der Waals surface area contributed by atoms with Gasteiger partial charge in [-0.05, 0) is 0 Å². The van der Waals surface area contributed by atoms with Crippen LogP contribution in [-0.2, 0) is 0 Å². The van der Waals surface area contributed by atoms with E-state index >= 15 is 0 Å². The van der Waals surface area contributed by atoms with Crippen LogP contribution >= 0.6 is 0 Å². The fourth-order valence-corrected chi connectivity index (χ4v) is 0. The Bertz CT molecular complexity index is 41.6. The molecule has 0 fully saturated rings. The first kappa shape index (κ1) is 5.26. The minimum absolute atomic E-state index is 1.32. The summed E-state index contributed by atoms with van der Waals surface area (Å²) in [5, 5.41) is 0. The zero-order valence-corrected chi connectivity index (χ0v) is 5.20. The van der Waals surface area contributed by atoms with Crippen LogP contribution in [0.1, 0.15) is 13.8 Å². The van der Waals surface area contributed by atoms with Gasteiger partial charge in [0.05, 0.1) is 0 Å². The van der Waals surface area contributed by atoms with Crippen molar-refractivity contribution in [3.63, 3.8) is 0 Å². The quantitative estimate of drug-likeness (QED) is 0.435. The fraction of sp³-hybridized carbons (Fsp3) is 0.500. The molecule has 1 heteroatoms. The Morgan fingerprint density at radius 2 is 1.80 bits per heavy atom. The van der Waals surface area contributed by atoms with Crippen molar-refractivity contribution in [2.45, 2.75) is 13.8 Å². The summed E-state index contributed by atoms with van der Waals surface area (Å²) in [6.45, 7) is 4.10. The van der Waals surface area contributed by atoms with E-state index in [-0.39, 0.29) is 0 Å². The van der Waals surface area contributed by atoms with Gasteiger partial charge in [0.15, 0.2) is 0 Å². The summed E-state index contributed by atoms with van der Waals surface area (Å²) in [6, 6.07) is 0. The Morgan fingerprint density at radius 3 is 1.80 bits per heavy atom. The normalized spacial score (nSPS) is 6.80. The van der Waals surface area contributed by atoms with Gasteiger partial charge in [-0.1, -0.05) is 0 Å². The summed E-state index contributed by atoms with van der Waals surface area (Å²) in [6.07, 6.45) is 0. The monoisotopic (exact) mass is 135 g/mol. The molecule has 1 radical (unpaired) electrons. The van der Waals surface area contributed by atoms with E-state index in [0.717, 1.165) is 0 Å². The topological polar surface area (TPSA) is 0 Å². The van der Waals surface area contributed by atoms with Gasteiger partial charge in [-0.2, -0.15) is 0 Å². The summed E-state index contributed by atoms with van der Waals surface area (Å²) in [5.41, 5.74) is 1.32. The van der Waals surface area contributed by atoms with Gasteiger partial charge in [0.1, 0.15) is 0 Å². The van der Waals surface area contributed by atoms with Crippen molar-refractivity contribution in [3.05, 3.63) is 10.5 Å². The molecular formula is C4H7Se. The maximum absolute atomic E-state index is 2.78. The minimum atomic E-state index is 1.32. The van der Waals surface area contributed by atoms with Crippen molar-refractivity contribution in [3.8, 4) is 0 Å². The molecule has 0 rings (SSSR count). The summed E-state index contributed by atoms with van der Waals surface area (Å²) in [7, 11) is 0. The van der Waals surface area contributed by atoms with Crippen LogP contribution in [0.4, 0.5) is 0 Å². The molecule has 0 aromatic heterocycles. The number of hydrogen-bond donors (Lipinski definition) is 0. The predicted molar refractivity (Wildman–Crippen MR) is 25.2 cm³/mol. The third-order valence-electron chi connectivity index (χ3n) is 0.236. The molecular weight excluding hydrogens is 127 g/mol. The van der Waals surface area contributed by atoms with E-state index in [1.807, 2.05) is 4.97 Å². The summed E-state index contributed by atoms with van der Waals surface area (Å²) < 4.78 is 0. The van der Waals surface area contributed by atoms with Crippen LogP contribution in [0.2, 0.25) is 0 Å². The van der Waals surface area contributed by atoms with E-state index in [1.54, 1.807) is 0 Å². The van der Waals surface area contributed by atoms with Crippen LogP contribution in [0.5, 0.6) is 0 Å². The summed E-state index contributed by atoms with van der Waals surface area (Å²) >= 11 is 2.78. The second-order valence-corrected chi connectivity index (χ2v) is 1.69. The zero-order valence-electron chi connectivity index (χ0n) is 3.49. The molecule has 0 aliphatic carbocycles. The molecule has 0 amide bonds. The van der Waals surface area contributed by atoms with E-state index in [4.69, 9.17) is 0 Å². The Morgan fingerprint density at radius 1 is 1.60 bits per heavy atom. The van der Waals surface area contributed by atoms with Crippen LogP contribution in [0.25, 0.3) is 0 Å². The van der Waals surface area contributed by atoms with E-state index in [2.05, 4.69) is 29.9 Å². The van der Waals surface area contributed by atoms with E-state index in [9.17, 15) is 0 Å². The van der Waals surface area contributed by atoms with Gasteiger partial charge in [0.2, 0.25) is 0 Å². The molecule has 0 spiro atoms. The Kier molecular flexibility index (Phi) is 2.62. The van der Waals surface area contributed by atoms with Crippen LogP contribution in [0.3, 0.4) is 0 Å². The maximum atomic E-state index is 2.78. The molecule has 0 unspecified atom stereocenters. The molecule has 0 aliphatic heterocycles. The molecule has 0 aromatic rings. The first-order valence-electron chi connectivity index (χ1n) is 1.52. The van der Waals surface area contributed by atoms with Crippen LogP contribution in [0, 0.1) is 0 Å². The summed E-state index contributed by atoms with van der Waals surface area (Å²) in [4.78, 5) is 1.96. The molecule has 0 N–H and O–H groups in total. The second kappa shape index (κ2) is 2.49. The Labute approximate surface area is 41.1 Å². The van der Waals surface area contributed by atoms with Gasteiger partial charge in [-0.25, -0.2) is 0 Å². The number of hydrogen-bond acceptors (Lipinski definition) is 0. The zero-order chi connectivity index (χ0) is 4.28. The van der Waals surface area contributed by atoms with Gasteiger partial charge < -0.3 is 0 Å². The molecule has 0 bridgehead atoms. The number of rotatable bonds is 0. The van der Waals surface area contributed by atoms with Gasteiger partial charge in [-0.15, -0.1) is 0 Å². The molecule has 0 saturated carbocycles. The fourth-order valence-electron chi connectivity index (χ4n) is 0. The first-order valence-corrected chi connectivity index (χ1v) is 2.51. The van der Waals surface area contributed by atoms with Crippen molar-refractivity contribution in [1.82, 2.24) is 0 Å². The third kappa shape index (κ3) is 4.26. The van der Waals surface area contributed by atoms with Crippen LogP contribution in [-0.4, -0.2) is 16.0 Å². The van der Waals surface area contributed by atoms with E-state index in [0.29, 0.717) is 0 Å². The van der Waals surface area contributed by atoms with Gasteiger partial charge in [0, 0.05) is 0 Å². The SMILES string of the molecule is CC(C)=C[Se]. The Balaban J connectivity index is 3.14. The van der Waals surface area contributed by atoms with E-state index < -0.39 is 0 Å². The number of allylic oxidation sites excluding steroid dienone is 1. The third-order valence-corrected chi connectivity index (χ3v) is 1.22. The van der Waals surface area contributed by atoms with Gasteiger partial charge in [0.25, 0.3) is 0 Å². The molecule has 0 heterocycles. The second-order valence-electron chi connectivity index (χ2n) is 1.20. The molecule has 0 nitrogen and oxygen atoms in total. The average molecular weight is 134 g/mol. The van der Waals surface area contributed by atoms with Crippen molar-refractivity contribution in [2.75, 3.05) is 0 Å². The molecule has 29 valence electrons. The summed E-state index contributed by atoms with van der Waals surface area (Å²) in [5.74, 6) is 0. The molecule has 0 saturated heterocycles. The molecule has 0 aliphatic rings. The molecule has 0 aromatic carbocycles. The Hall–Kier alpha value is 0.259. The average Bonchev–Trinajstić information content (AvgIpc) is 1.38. The van der Waals surface area contributed by atoms with E-state index in [1.165, 1.54) is 5.57 Å².